The van der Waals surface area contributed by atoms with Crippen molar-refractivity contribution >= 4 is 24.1 Å². The van der Waals surface area contributed by atoms with Gasteiger partial charge in [-0.3, -0.25) is 0 Å². The fraction of sp³-hybridized carbons (Fsp3) is 0.438. The van der Waals surface area contributed by atoms with E-state index in [0.29, 0.717) is 31.1 Å². The zero-order valence-electron chi connectivity index (χ0n) is 24.0. The molecule has 0 saturated heterocycles. The number of carboxylic acids is 1. The van der Waals surface area contributed by atoms with Crippen molar-refractivity contribution in [1.29, 1.82) is 0 Å². The summed E-state index contributed by atoms with van der Waals surface area (Å²) < 4.78 is 20.1. The number of esters is 1. The van der Waals surface area contributed by atoms with E-state index in [-0.39, 0.29) is 12.6 Å². The summed E-state index contributed by atoms with van der Waals surface area (Å²) in [4.78, 5) is 22.8. The van der Waals surface area contributed by atoms with Crippen molar-refractivity contribution in [1.82, 2.24) is 0 Å². The number of rotatable bonds is 16. The number of unbranched alkanes of at least 4 members (excludes halogenated alkanes) is 1. The van der Waals surface area contributed by atoms with Crippen LogP contribution in [0.25, 0.3) is 12.2 Å². The summed E-state index contributed by atoms with van der Waals surface area (Å²) in [6.07, 6.45) is 9.94. The second-order valence-electron chi connectivity index (χ2n) is 8.84. The largest absolute Gasteiger partial charge is 0.497 e. The van der Waals surface area contributed by atoms with Crippen molar-refractivity contribution in [2.75, 3.05) is 34.0 Å². The Morgan fingerprint density at radius 1 is 0.872 bits per heavy atom. The second-order valence-corrected chi connectivity index (χ2v) is 8.84. The van der Waals surface area contributed by atoms with Crippen LogP contribution in [-0.4, -0.2) is 51.1 Å². The zero-order valence-corrected chi connectivity index (χ0v) is 24.0. The minimum atomic E-state index is -0.819. The first-order chi connectivity index (χ1) is 18.9. The maximum absolute atomic E-state index is 11.5. The van der Waals surface area contributed by atoms with Gasteiger partial charge in [-0.25, -0.2) is 9.59 Å². The molecule has 0 fully saturated rings. The van der Waals surface area contributed by atoms with E-state index in [1.807, 2.05) is 55.5 Å². The van der Waals surface area contributed by atoms with Crippen LogP contribution < -0.4 is 9.47 Å². The lowest BCUT2D eigenvalue weighted by Gasteiger charge is -2.14. The number of ether oxygens (including phenoxy) is 4. The molecule has 0 spiro atoms. The third-order valence-electron chi connectivity index (χ3n) is 5.99. The first-order valence-electron chi connectivity index (χ1n) is 13.5. The number of carboxylic acid groups (broad SMARTS) is 1. The van der Waals surface area contributed by atoms with Crippen molar-refractivity contribution in [2.45, 2.75) is 52.9 Å². The quantitative estimate of drug-likeness (QED) is 0.138. The topological polar surface area (TPSA) is 91.3 Å². The van der Waals surface area contributed by atoms with E-state index < -0.39 is 5.97 Å². The molecule has 2 aromatic carbocycles. The zero-order chi connectivity index (χ0) is 28.9. The number of hydrogen-bond acceptors (Lipinski definition) is 6. The lowest BCUT2D eigenvalue weighted by molar-refractivity contribution is -0.139. The van der Waals surface area contributed by atoms with Gasteiger partial charge in [-0.1, -0.05) is 63.8 Å². The highest BCUT2D eigenvalue weighted by molar-refractivity contribution is 5.92. The summed E-state index contributed by atoms with van der Waals surface area (Å²) in [5, 5.41) is 9.41. The Bertz CT molecular complexity index is 1010. The number of hydrogen-bond donors (Lipinski definition) is 1. The van der Waals surface area contributed by atoms with Crippen LogP contribution >= 0.6 is 0 Å². The molecule has 0 aliphatic rings. The molecule has 214 valence electrons. The van der Waals surface area contributed by atoms with Crippen molar-refractivity contribution < 1.29 is 33.6 Å². The summed E-state index contributed by atoms with van der Waals surface area (Å²) in [5.74, 6) is 0.821. The summed E-state index contributed by atoms with van der Waals surface area (Å²) in [6, 6.07) is 14.9. The van der Waals surface area contributed by atoms with E-state index in [9.17, 15) is 14.7 Å². The van der Waals surface area contributed by atoms with Crippen LogP contribution in [0.5, 0.6) is 11.5 Å². The van der Waals surface area contributed by atoms with Gasteiger partial charge in [0.1, 0.15) is 18.1 Å². The highest BCUT2D eigenvalue weighted by Gasteiger charge is 2.14. The van der Waals surface area contributed by atoms with Crippen molar-refractivity contribution in [2.24, 2.45) is 5.92 Å². The van der Waals surface area contributed by atoms with Crippen LogP contribution in [0.2, 0.25) is 0 Å². The average molecular weight is 541 g/mol. The molecule has 0 aliphatic carbocycles. The predicted octanol–water partition coefficient (Wildman–Crippen LogP) is 7.06. The van der Waals surface area contributed by atoms with Gasteiger partial charge in [0.15, 0.2) is 0 Å². The maximum atomic E-state index is 11.5. The van der Waals surface area contributed by atoms with Gasteiger partial charge in [-0.05, 0) is 66.8 Å². The molecule has 0 saturated carbocycles. The number of aliphatic carboxylic acids is 1. The fourth-order valence-electron chi connectivity index (χ4n) is 3.64. The molecule has 0 heterocycles. The van der Waals surface area contributed by atoms with Gasteiger partial charge in [0.2, 0.25) is 0 Å². The van der Waals surface area contributed by atoms with E-state index in [1.165, 1.54) is 6.08 Å². The molecule has 0 bridgehead atoms. The Labute approximate surface area is 233 Å². The second kappa shape index (κ2) is 20.4. The lowest BCUT2D eigenvalue weighted by Crippen LogP contribution is -2.08. The molecule has 7 heteroatoms. The summed E-state index contributed by atoms with van der Waals surface area (Å²) >= 11 is 0. The molecule has 1 unspecified atom stereocenters. The molecule has 2 aromatic rings. The highest BCUT2D eigenvalue weighted by Crippen LogP contribution is 2.24. The Hall–Kier alpha value is -3.58. The molecule has 7 nitrogen and oxygen atoms in total. The van der Waals surface area contributed by atoms with Crippen molar-refractivity contribution in [3.05, 3.63) is 71.3 Å². The number of carbonyl (C=O) groups excluding carboxylic acids is 1. The molecule has 1 atom stereocenters. The van der Waals surface area contributed by atoms with E-state index >= 15 is 0 Å². The molecular weight excluding hydrogens is 496 g/mol. The minimum Gasteiger partial charge on any atom is -0.497 e. The monoisotopic (exact) mass is 540 g/mol. The van der Waals surface area contributed by atoms with Gasteiger partial charge >= 0.3 is 11.9 Å². The maximum Gasteiger partial charge on any atom is 0.331 e. The molecule has 0 radical (unpaired) electrons. The Kier molecular flexibility index (Phi) is 17.5. The molecular formula is C32H44O7. The van der Waals surface area contributed by atoms with E-state index in [4.69, 9.17) is 18.9 Å². The van der Waals surface area contributed by atoms with Crippen LogP contribution in [0.15, 0.2) is 60.2 Å². The number of benzene rings is 2. The van der Waals surface area contributed by atoms with Gasteiger partial charge in [-0.15, -0.1) is 0 Å². The summed E-state index contributed by atoms with van der Waals surface area (Å²) in [5.41, 5.74) is 2.30. The van der Waals surface area contributed by atoms with E-state index in [2.05, 4.69) is 13.8 Å². The standard InChI is InChI=1S/C18H26O3.C14H18O4/c1-4-6-7-14(5-2)12-16(18(19)20)13-15-8-10-17(21-3)11-9-15;1-3-17-10-11-18-14(15)9-6-12-4-7-13(16-2)8-5-12/h8-11,13-14H,4-7,12H2,1-3H3,(H,19,20);4-9H,3,10-11H2,1-2H3. The smallest absolute Gasteiger partial charge is 0.331 e. The molecule has 0 aromatic heterocycles. The van der Waals surface area contributed by atoms with Crippen molar-refractivity contribution in [3.63, 3.8) is 0 Å². The van der Waals surface area contributed by atoms with Gasteiger partial charge in [-0.2, -0.15) is 0 Å². The van der Waals surface area contributed by atoms with Crippen LogP contribution in [0.3, 0.4) is 0 Å². The molecule has 39 heavy (non-hydrogen) atoms. The number of carbonyl (C=O) groups is 2. The first kappa shape index (κ1) is 33.4. The molecule has 0 amide bonds. The third kappa shape index (κ3) is 14.8. The molecule has 0 aliphatic heterocycles. The molecule has 1 N–H and O–H groups in total. The highest BCUT2D eigenvalue weighted by atomic mass is 16.6. The Morgan fingerprint density at radius 2 is 1.46 bits per heavy atom. The van der Waals surface area contributed by atoms with Crippen LogP contribution in [0.1, 0.15) is 64.0 Å². The average Bonchev–Trinajstić information content (AvgIpc) is 2.96. The Morgan fingerprint density at radius 3 is 1.95 bits per heavy atom. The van der Waals surface area contributed by atoms with Crippen LogP contribution in [0.4, 0.5) is 0 Å². The van der Waals surface area contributed by atoms with Gasteiger partial charge in [0.05, 0.1) is 20.8 Å². The molecule has 2 rings (SSSR count). The predicted molar refractivity (Wildman–Crippen MR) is 156 cm³/mol. The van der Waals surface area contributed by atoms with Gasteiger partial charge in [0, 0.05) is 18.3 Å². The summed E-state index contributed by atoms with van der Waals surface area (Å²) in [6.45, 7) is 7.52. The van der Waals surface area contributed by atoms with Crippen LogP contribution in [-0.2, 0) is 19.1 Å². The third-order valence-corrected chi connectivity index (χ3v) is 5.99. The summed E-state index contributed by atoms with van der Waals surface area (Å²) in [7, 11) is 3.23. The van der Waals surface area contributed by atoms with Gasteiger partial charge in [0.25, 0.3) is 0 Å². The Balaban J connectivity index is 0.000000395. The SMILES string of the molecule is CCCCC(CC)CC(=Cc1ccc(OC)cc1)C(=O)O.CCOCCOC(=O)C=Cc1ccc(OC)cc1. The lowest BCUT2D eigenvalue weighted by atomic mass is 9.91. The normalized spacial score (nSPS) is 11.9. The van der Waals surface area contributed by atoms with E-state index in [0.717, 1.165) is 48.3 Å². The van der Waals surface area contributed by atoms with Crippen LogP contribution in [0, 0.1) is 5.92 Å². The minimum absolute atomic E-state index is 0.277. The van der Waals surface area contributed by atoms with E-state index in [1.54, 1.807) is 26.4 Å². The van der Waals surface area contributed by atoms with Crippen molar-refractivity contribution in [3.8, 4) is 11.5 Å². The number of methoxy groups -OCH3 is 2. The van der Waals surface area contributed by atoms with Gasteiger partial charge < -0.3 is 24.1 Å². The first-order valence-corrected chi connectivity index (χ1v) is 13.5. The fourth-order valence-corrected chi connectivity index (χ4v) is 3.64.